The van der Waals surface area contributed by atoms with Gasteiger partial charge in [-0.2, -0.15) is 0 Å². The van der Waals surface area contributed by atoms with E-state index in [9.17, 15) is 8.78 Å². The second kappa shape index (κ2) is 3.61. The molecule has 5 heteroatoms. The molecule has 15 heavy (non-hydrogen) atoms. The highest BCUT2D eigenvalue weighted by molar-refractivity contribution is 5.62. The van der Waals surface area contributed by atoms with E-state index in [4.69, 9.17) is 5.73 Å². The van der Waals surface area contributed by atoms with Crippen molar-refractivity contribution in [2.75, 3.05) is 5.73 Å². The van der Waals surface area contributed by atoms with Gasteiger partial charge in [0.15, 0.2) is 11.6 Å². The predicted octanol–water partition coefficient (Wildman–Crippen LogP) is 2.00. The molecule has 2 N–H and O–H groups in total. The summed E-state index contributed by atoms with van der Waals surface area (Å²) in [5.74, 6) is -1.72. The van der Waals surface area contributed by atoms with Crippen LogP contribution in [0.1, 0.15) is 0 Å². The van der Waals surface area contributed by atoms with Gasteiger partial charge in [-0.05, 0) is 6.07 Å². The van der Waals surface area contributed by atoms with Crippen LogP contribution in [-0.4, -0.2) is 9.97 Å². The van der Waals surface area contributed by atoms with Gasteiger partial charge in [0.05, 0.1) is 0 Å². The number of hydrogen-bond acceptors (Lipinski definition) is 3. The van der Waals surface area contributed by atoms with E-state index in [-0.39, 0.29) is 11.5 Å². The third-order valence-corrected chi connectivity index (χ3v) is 1.93. The number of halogens is 2. The zero-order valence-electron chi connectivity index (χ0n) is 7.61. The Morgan fingerprint density at radius 2 is 1.73 bits per heavy atom. The molecule has 0 aliphatic carbocycles. The fraction of sp³-hybridized carbons (Fsp3) is 0. The van der Waals surface area contributed by atoms with Crippen molar-refractivity contribution >= 4 is 5.95 Å². The molecule has 0 aliphatic heterocycles. The van der Waals surface area contributed by atoms with Crippen LogP contribution in [0.25, 0.3) is 11.1 Å². The highest BCUT2D eigenvalue weighted by Gasteiger charge is 2.09. The molecule has 0 fully saturated rings. The molecule has 0 unspecified atom stereocenters. The first-order valence-corrected chi connectivity index (χ1v) is 4.20. The zero-order valence-corrected chi connectivity index (χ0v) is 7.61. The minimum absolute atomic E-state index is 0.0931. The Labute approximate surface area is 84.6 Å². The fourth-order valence-electron chi connectivity index (χ4n) is 1.20. The van der Waals surface area contributed by atoms with Crippen molar-refractivity contribution in [3.63, 3.8) is 0 Å². The summed E-state index contributed by atoms with van der Waals surface area (Å²) in [5, 5.41) is 0. The SMILES string of the molecule is Nc1ncc(-c2cccc(F)c2F)cn1. The fourth-order valence-corrected chi connectivity index (χ4v) is 1.20. The molecule has 0 saturated heterocycles. The number of nitrogens with two attached hydrogens (primary N) is 1. The van der Waals surface area contributed by atoms with E-state index in [1.165, 1.54) is 24.5 Å². The molecular formula is C10H7F2N3. The molecule has 2 rings (SSSR count). The van der Waals surface area contributed by atoms with Crippen LogP contribution in [0.2, 0.25) is 0 Å². The lowest BCUT2D eigenvalue weighted by atomic mass is 10.1. The maximum absolute atomic E-state index is 13.3. The molecule has 76 valence electrons. The Morgan fingerprint density at radius 1 is 1.07 bits per heavy atom. The minimum Gasteiger partial charge on any atom is -0.368 e. The first-order chi connectivity index (χ1) is 7.18. The third kappa shape index (κ3) is 1.76. The number of hydrogen-bond donors (Lipinski definition) is 1. The van der Waals surface area contributed by atoms with Crippen molar-refractivity contribution in [3.05, 3.63) is 42.2 Å². The van der Waals surface area contributed by atoms with E-state index in [0.717, 1.165) is 6.07 Å². The molecule has 2 aromatic rings. The molecular weight excluding hydrogens is 200 g/mol. The summed E-state index contributed by atoms with van der Waals surface area (Å²) in [7, 11) is 0. The van der Waals surface area contributed by atoms with Gasteiger partial charge in [-0.3, -0.25) is 0 Å². The lowest BCUT2D eigenvalue weighted by Crippen LogP contribution is -1.95. The van der Waals surface area contributed by atoms with Crippen LogP contribution in [0.5, 0.6) is 0 Å². The molecule has 3 nitrogen and oxygen atoms in total. The second-order valence-corrected chi connectivity index (χ2v) is 2.93. The molecule has 0 radical (unpaired) electrons. The highest BCUT2D eigenvalue weighted by atomic mass is 19.2. The number of anilines is 1. The number of rotatable bonds is 1. The molecule has 0 amide bonds. The van der Waals surface area contributed by atoms with Gasteiger partial charge in [0.25, 0.3) is 0 Å². The summed E-state index contributed by atoms with van der Waals surface area (Å²) in [6, 6.07) is 3.92. The largest absolute Gasteiger partial charge is 0.368 e. The monoisotopic (exact) mass is 207 g/mol. The van der Waals surface area contributed by atoms with E-state index in [1.807, 2.05) is 0 Å². The van der Waals surface area contributed by atoms with Crippen LogP contribution in [0.15, 0.2) is 30.6 Å². The van der Waals surface area contributed by atoms with Gasteiger partial charge in [0.2, 0.25) is 5.95 Å². The maximum atomic E-state index is 13.3. The number of aromatic nitrogens is 2. The van der Waals surface area contributed by atoms with Gasteiger partial charge >= 0.3 is 0 Å². The summed E-state index contributed by atoms with van der Waals surface area (Å²) in [6.45, 7) is 0. The second-order valence-electron chi connectivity index (χ2n) is 2.93. The van der Waals surface area contributed by atoms with Gasteiger partial charge in [-0.25, -0.2) is 18.7 Å². The average molecular weight is 207 g/mol. The van der Waals surface area contributed by atoms with Crippen molar-refractivity contribution in [2.45, 2.75) is 0 Å². The topological polar surface area (TPSA) is 51.8 Å². The van der Waals surface area contributed by atoms with Gasteiger partial charge in [-0.1, -0.05) is 12.1 Å². The zero-order chi connectivity index (χ0) is 10.8. The average Bonchev–Trinajstić information content (AvgIpc) is 2.24. The lowest BCUT2D eigenvalue weighted by Gasteiger charge is -2.02. The normalized spacial score (nSPS) is 10.3. The molecule has 1 heterocycles. The van der Waals surface area contributed by atoms with Crippen LogP contribution in [0.3, 0.4) is 0 Å². The van der Waals surface area contributed by atoms with Crippen molar-refractivity contribution in [2.24, 2.45) is 0 Å². The number of benzene rings is 1. The summed E-state index contributed by atoms with van der Waals surface area (Å²) < 4.78 is 26.2. The predicted molar refractivity (Wildman–Crippen MR) is 51.8 cm³/mol. The van der Waals surface area contributed by atoms with Crippen molar-refractivity contribution in [3.8, 4) is 11.1 Å². The third-order valence-electron chi connectivity index (χ3n) is 1.93. The maximum Gasteiger partial charge on any atom is 0.219 e. The molecule has 0 spiro atoms. The highest BCUT2D eigenvalue weighted by Crippen LogP contribution is 2.22. The molecule has 1 aromatic carbocycles. The van der Waals surface area contributed by atoms with E-state index in [2.05, 4.69) is 9.97 Å². The Morgan fingerprint density at radius 3 is 2.40 bits per heavy atom. The lowest BCUT2D eigenvalue weighted by molar-refractivity contribution is 0.511. The van der Waals surface area contributed by atoms with Crippen LogP contribution in [0.4, 0.5) is 14.7 Å². The Kier molecular flexibility index (Phi) is 2.29. The van der Waals surface area contributed by atoms with Gasteiger partial charge in [0.1, 0.15) is 0 Å². The van der Waals surface area contributed by atoms with Crippen LogP contribution in [0, 0.1) is 11.6 Å². The van der Waals surface area contributed by atoms with Crippen molar-refractivity contribution < 1.29 is 8.78 Å². The molecule has 0 aliphatic rings. The van der Waals surface area contributed by atoms with Crippen LogP contribution >= 0.6 is 0 Å². The van der Waals surface area contributed by atoms with Gasteiger partial charge < -0.3 is 5.73 Å². The van der Waals surface area contributed by atoms with E-state index in [1.54, 1.807) is 0 Å². The number of nitrogens with zero attached hydrogens (tertiary/aromatic N) is 2. The summed E-state index contributed by atoms with van der Waals surface area (Å²) in [4.78, 5) is 7.41. The molecule has 1 aromatic heterocycles. The quantitative estimate of drug-likeness (QED) is 0.778. The molecule has 0 bridgehead atoms. The van der Waals surface area contributed by atoms with Crippen molar-refractivity contribution in [1.82, 2.24) is 9.97 Å². The first-order valence-electron chi connectivity index (χ1n) is 4.20. The Balaban J connectivity index is 2.54. The Hall–Kier alpha value is -2.04. The van der Waals surface area contributed by atoms with Gasteiger partial charge in [0, 0.05) is 23.5 Å². The first kappa shape index (κ1) is 9.51. The molecule has 0 saturated carbocycles. The summed E-state index contributed by atoms with van der Waals surface area (Å²) in [5.41, 5.74) is 5.79. The van der Waals surface area contributed by atoms with E-state index >= 15 is 0 Å². The standard InChI is InChI=1S/C10H7F2N3/c11-8-3-1-2-7(9(8)12)6-4-14-10(13)15-5-6/h1-5H,(H2,13,14,15). The smallest absolute Gasteiger partial charge is 0.219 e. The van der Waals surface area contributed by atoms with E-state index in [0.29, 0.717) is 5.56 Å². The minimum atomic E-state index is -0.911. The number of nitrogen functional groups attached to an aromatic ring is 1. The van der Waals surface area contributed by atoms with Crippen molar-refractivity contribution in [1.29, 1.82) is 0 Å². The summed E-state index contributed by atoms with van der Waals surface area (Å²) >= 11 is 0. The summed E-state index contributed by atoms with van der Waals surface area (Å²) in [6.07, 6.45) is 2.69. The van der Waals surface area contributed by atoms with Crippen LogP contribution < -0.4 is 5.73 Å². The van der Waals surface area contributed by atoms with E-state index < -0.39 is 11.6 Å². The van der Waals surface area contributed by atoms with Gasteiger partial charge in [-0.15, -0.1) is 0 Å². The Bertz CT molecular complexity index is 483. The molecule has 0 atom stereocenters. The van der Waals surface area contributed by atoms with Crippen LogP contribution in [-0.2, 0) is 0 Å².